The summed E-state index contributed by atoms with van der Waals surface area (Å²) in [6.45, 7) is 5.11. The topological polar surface area (TPSA) is 87.7 Å². The Bertz CT molecular complexity index is 1370. The average molecular weight is 496 g/mol. The number of hydrogen-bond donors (Lipinski definition) is 1. The van der Waals surface area contributed by atoms with E-state index in [9.17, 15) is 14.0 Å². The molecule has 5 rings (SSSR count). The maximum Gasteiger partial charge on any atom is 0.245 e. The van der Waals surface area contributed by atoms with E-state index in [1.165, 1.54) is 25.6 Å². The van der Waals surface area contributed by atoms with Crippen LogP contribution in [0.1, 0.15) is 12.8 Å². The number of ether oxygens (including phenoxy) is 1. The van der Waals surface area contributed by atoms with Crippen molar-refractivity contribution >= 4 is 51.5 Å². The molecule has 2 aromatic carbocycles. The normalized spacial score (nSPS) is 19.6. The van der Waals surface area contributed by atoms with Gasteiger partial charge in [0.2, 0.25) is 11.8 Å². The van der Waals surface area contributed by atoms with Crippen LogP contribution < -0.4 is 15.0 Å². The van der Waals surface area contributed by atoms with Gasteiger partial charge in [0.15, 0.2) is 5.82 Å². The van der Waals surface area contributed by atoms with E-state index >= 15 is 0 Å². The number of amides is 2. The number of rotatable bonds is 5. The van der Waals surface area contributed by atoms with E-state index in [0.717, 1.165) is 6.42 Å². The Balaban J connectivity index is 1.52. The van der Waals surface area contributed by atoms with Gasteiger partial charge >= 0.3 is 0 Å². The molecule has 8 nitrogen and oxygen atoms in total. The summed E-state index contributed by atoms with van der Waals surface area (Å²) in [5.74, 6) is 0.0784. The molecule has 3 aromatic rings. The van der Waals surface area contributed by atoms with Gasteiger partial charge in [0.05, 0.1) is 29.0 Å². The number of carbonyl (C=O) groups excluding carboxylic acids is 2. The molecule has 3 heterocycles. The highest BCUT2D eigenvalue weighted by Crippen LogP contribution is 2.45. The number of hydrogen-bond acceptors (Lipinski definition) is 6. The van der Waals surface area contributed by atoms with Crippen LogP contribution in [0.5, 0.6) is 5.75 Å². The van der Waals surface area contributed by atoms with Gasteiger partial charge in [0.1, 0.15) is 17.9 Å². The van der Waals surface area contributed by atoms with Crippen molar-refractivity contribution in [3.05, 3.63) is 60.2 Å². The van der Waals surface area contributed by atoms with Crippen LogP contribution in [0, 0.1) is 11.2 Å². The summed E-state index contributed by atoms with van der Waals surface area (Å²) in [4.78, 5) is 37.3. The molecule has 0 aliphatic carbocycles. The van der Waals surface area contributed by atoms with Crippen molar-refractivity contribution in [2.45, 2.75) is 12.8 Å². The van der Waals surface area contributed by atoms with Crippen molar-refractivity contribution in [1.82, 2.24) is 14.9 Å². The van der Waals surface area contributed by atoms with Crippen LogP contribution >= 0.6 is 11.6 Å². The van der Waals surface area contributed by atoms with Crippen molar-refractivity contribution < 1.29 is 18.7 Å². The Morgan fingerprint density at radius 3 is 2.91 bits per heavy atom. The predicted octanol–water partition coefficient (Wildman–Crippen LogP) is 4.32. The minimum absolute atomic E-state index is 0.00998. The van der Waals surface area contributed by atoms with Gasteiger partial charge < -0.3 is 19.9 Å². The van der Waals surface area contributed by atoms with Gasteiger partial charge in [-0.15, -0.1) is 0 Å². The molecule has 0 bridgehead atoms. The van der Waals surface area contributed by atoms with Crippen LogP contribution in [0.15, 0.2) is 49.3 Å². The quantitative estimate of drug-likeness (QED) is 0.530. The van der Waals surface area contributed by atoms with E-state index in [1.807, 2.05) is 0 Å². The fourth-order valence-electron chi connectivity index (χ4n) is 4.92. The summed E-state index contributed by atoms with van der Waals surface area (Å²) in [5.41, 5.74) is 0.979. The first-order valence-electron chi connectivity index (χ1n) is 11.1. The van der Waals surface area contributed by atoms with Crippen molar-refractivity contribution in [3.8, 4) is 5.75 Å². The number of nitrogens with zero attached hydrogens (tertiary/aromatic N) is 4. The Morgan fingerprint density at radius 1 is 1.31 bits per heavy atom. The molecule has 35 heavy (non-hydrogen) atoms. The van der Waals surface area contributed by atoms with Gasteiger partial charge in [-0.25, -0.2) is 14.4 Å². The van der Waals surface area contributed by atoms with E-state index in [-0.39, 0.29) is 27.9 Å². The van der Waals surface area contributed by atoms with Crippen LogP contribution in [0.25, 0.3) is 10.9 Å². The van der Waals surface area contributed by atoms with Gasteiger partial charge in [0.25, 0.3) is 0 Å². The Hall–Kier alpha value is -3.72. The lowest BCUT2D eigenvalue weighted by atomic mass is 9.86. The monoisotopic (exact) mass is 495 g/mol. The molecular formula is C25H23ClFN5O3. The second-order valence-corrected chi connectivity index (χ2v) is 9.27. The number of likely N-dealkylation sites (tertiary alicyclic amines) is 1. The summed E-state index contributed by atoms with van der Waals surface area (Å²) in [7, 11) is 1.53. The summed E-state index contributed by atoms with van der Waals surface area (Å²) >= 11 is 5.93. The van der Waals surface area contributed by atoms with E-state index < -0.39 is 5.82 Å². The number of carbonyl (C=O) groups is 2. The molecule has 2 saturated heterocycles. The molecular weight excluding hydrogens is 473 g/mol. The lowest BCUT2D eigenvalue weighted by Gasteiger charge is -2.25. The second kappa shape index (κ2) is 8.81. The molecule has 1 atom stereocenters. The van der Waals surface area contributed by atoms with Gasteiger partial charge in [-0.1, -0.05) is 24.2 Å². The Kier molecular flexibility index (Phi) is 5.80. The SMILES string of the molecule is C=CC(=O)N1CCC2(CC(=O)N(c3cc4c(Nc5cccc(Cl)c5F)ncnc4cc3OC)C2)C1. The molecule has 1 aromatic heterocycles. The van der Waals surface area contributed by atoms with Gasteiger partial charge in [0, 0.05) is 42.9 Å². The molecule has 10 heteroatoms. The third kappa shape index (κ3) is 4.05. The number of halogens is 2. The lowest BCUT2D eigenvalue weighted by molar-refractivity contribution is -0.125. The molecule has 1 unspecified atom stereocenters. The maximum atomic E-state index is 14.5. The number of fused-ring (bicyclic) bond motifs is 1. The zero-order valence-electron chi connectivity index (χ0n) is 19.1. The molecule has 1 N–H and O–H groups in total. The molecule has 2 fully saturated rings. The van der Waals surface area contributed by atoms with Gasteiger partial charge in [-0.3, -0.25) is 9.59 Å². The first-order chi connectivity index (χ1) is 16.8. The molecule has 180 valence electrons. The summed E-state index contributed by atoms with van der Waals surface area (Å²) in [6, 6.07) is 8.16. The number of nitrogens with one attached hydrogen (secondary N) is 1. The van der Waals surface area contributed by atoms with Crippen molar-refractivity contribution in [1.29, 1.82) is 0 Å². The molecule has 2 amide bonds. The molecule has 0 saturated carbocycles. The smallest absolute Gasteiger partial charge is 0.245 e. The molecule has 2 aliphatic rings. The molecule has 1 spiro atoms. The summed E-state index contributed by atoms with van der Waals surface area (Å²) in [6.07, 6.45) is 3.73. The zero-order valence-corrected chi connectivity index (χ0v) is 19.8. The van der Waals surface area contributed by atoms with E-state index in [1.54, 1.807) is 34.1 Å². The second-order valence-electron chi connectivity index (χ2n) is 8.86. The number of anilines is 3. The fourth-order valence-corrected chi connectivity index (χ4v) is 5.09. The van der Waals surface area contributed by atoms with Crippen LogP contribution in [0.2, 0.25) is 5.02 Å². The summed E-state index contributed by atoms with van der Waals surface area (Å²) < 4.78 is 20.1. The summed E-state index contributed by atoms with van der Waals surface area (Å²) in [5, 5.41) is 3.57. The standard InChI is InChI=1S/C25H23ClFN5O3/c1-3-21(33)31-8-7-25(12-31)11-22(34)32(13-25)19-9-15-18(10-20(19)35-2)28-14-29-24(15)30-17-6-4-5-16(26)23(17)27/h3-6,9-10,14H,1,7-8,11-13H2,2H3,(H,28,29,30). The molecule has 2 aliphatic heterocycles. The number of benzene rings is 2. The minimum atomic E-state index is -0.591. The van der Waals surface area contributed by atoms with E-state index in [4.69, 9.17) is 16.3 Å². The van der Waals surface area contributed by atoms with Crippen molar-refractivity contribution in [2.75, 3.05) is 37.0 Å². The maximum absolute atomic E-state index is 14.5. The Morgan fingerprint density at radius 2 is 2.14 bits per heavy atom. The highest BCUT2D eigenvalue weighted by molar-refractivity contribution is 6.31. The van der Waals surface area contributed by atoms with Gasteiger partial charge in [-0.05, 0) is 30.7 Å². The van der Waals surface area contributed by atoms with Crippen LogP contribution in [-0.2, 0) is 9.59 Å². The highest BCUT2D eigenvalue weighted by Gasteiger charge is 2.49. The lowest BCUT2D eigenvalue weighted by Crippen LogP contribution is -2.33. The minimum Gasteiger partial charge on any atom is -0.494 e. The highest BCUT2D eigenvalue weighted by atomic mass is 35.5. The number of methoxy groups -OCH3 is 1. The third-order valence-electron chi connectivity index (χ3n) is 6.68. The van der Waals surface area contributed by atoms with E-state index in [2.05, 4.69) is 21.9 Å². The van der Waals surface area contributed by atoms with Crippen molar-refractivity contribution in [3.63, 3.8) is 0 Å². The largest absolute Gasteiger partial charge is 0.494 e. The molecule has 0 radical (unpaired) electrons. The fraction of sp³-hybridized carbons (Fsp3) is 0.280. The van der Waals surface area contributed by atoms with Crippen LogP contribution in [-0.4, -0.2) is 53.4 Å². The van der Waals surface area contributed by atoms with E-state index in [0.29, 0.717) is 54.2 Å². The Labute approximate surface area is 206 Å². The van der Waals surface area contributed by atoms with Crippen LogP contribution in [0.3, 0.4) is 0 Å². The number of aromatic nitrogens is 2. The first-order valence-corrected chi connectivity index (χ1v) is 11.5. The average Bonchev–Trinajstić information content (AvgIpc) is 3.42. The predicted molar refractivity (Wildman–Crippen MR) is 132 cm³/mol. The van der Waals surface area contributed by atoms with Gasteiger partial charge in [-0.2, -0.15) is 0 Å². The zero-order chi connectivity index (χ0) is 24.7. The van der Waals surface area contributed by atoms with Crippen LogP contribution in [0.4, 0.5) is 21.6 Å². The first kappa shape index (κ1) is 23.0. The third-order valence-corrected chi connectivity index (χ3v) is 6.97. The van der Waals surface area contributed by atoms with Crippen molar-refractivity contribution in [2.24, 2.45) is 5.41 Å².